The van der Waals surface area contributed by atoms with Gasteiger partial charge in [-0.15, -0.1) is 0 Å². The second kappa shape index (κ2) is 9.98. The summed E-state index contributed by atoms with van der Waals surface area (Å²) in [4.78, 5) is 0. The van der Waals surface area contributed by atoms with Gasteiger partial charge in [-0.3, -0.25) is 0 Å². The number of unbranched alkanes of at least 4 members (excludes halogenated alkanes) is 1. The van der Waals surface area contributed by atoms with Gasteiger partial charge in [0.1, 0.15) is 17.5 Å². The highest BCUT2D eigenvalue weighted by Crippen LogP contribution is 2.22. The van der Waals surface area contributed by atoms with Crippen LogP contribution >= 0.6 is 0 Å². The average molecular weight is 428 g/mol. The molecule has 0 aliphatic heterocycles. The fraction of sp³-hybridized carbons (Fsp3) is 0.167. The van der Waals surface area contributed by atoms with Gasteiger partial charge in [0, 0.05) is 12.1 Å². The highest BCUT2D eigenvalue weighted by Gasteiger charge is 2.10. The summed E-state index contributed by atoms with van der Waals surface area (Å²) in [5.74, 6) is 0.304. The van der Waals surface area contributed by atoms with Crippen LogP contribution in [0, 0.1) is 40.9 Å². The van der Waals surface area contributed by atoms with Crippen molar-refractivity contribution in [2.45, 2.75) is 26.2 Å². The van der Waals surface area contributed by atoms with Crippen LogP contribution in [0.4, 0.5) is 33.3 Å². The molecule has 0 atom stereocenters. The summed E-state index contributed by atoms with van der Waals surface area (Å²) in [6, 6.07) is 9.14. The van der Waals surface area contributed by atoms with Gasteiger partial charge in [-0.05, 0) is 54.8 Å². The summed E-state index contributed by atoms with van der Waals surface area (Å²) in [5.41, 5.74) is 0.189. The highest BCUT2D eigenvalue weighted by molar-refractivity contribution is 5.49. The second-order valence-electron chi connectivity index (χ2n) is 6.75. The molecule has 0 aliphatic rings. The molecular formula is C24H17F5N2. The number of halogens is 5. The van der Waals surface area contributed by atoms with E-state index < -0.39 is 34.6 Å². The fourth-order valence-electron chi connectivity index (χ4n) is 2.73. The molecule has 0 fully saturated rings. The number of nitrogens with zero attached hydrogens (tertiary/aromatic N) is 2. The lowest BCUT2D eigenvalue weighted by Gasteiger charge is -2.03. The molecule has 0 saturated carbocycles. The maximum Gasteiger partial charge on any atom is 0.161 e. The Kier molecular flexibility index (Phi) is 7.14. The Balaban J connectivity index is 1.79. The monoisotopic (exact) mass is 428 g/mol. The van der Waals surface area contributed by atoms with E-state index in [-0.39, 0.29) is 16.9 Å². The molecule has 0 aromatic heterocycles. The van der Waals surface area contributed by atoms with E-state index in [1.165, 1.54) is 30.3 Å². The largest absolute Gasteiger partial charge is 0.206 e. The summed E-state index contributed by atoms with van der Waals surface area (Å²) in [6.07, 6.45) is 2.28. The summed E-state index contributed by atoms with van der Waals surface area (Å²) in [5, 5.41) is 7.47. The fourth-order valence-corrected chi connectivity index (χ4v) is 2.73. The molecule has 0 bridgehead atoms. The number of aryl methyl sites for hydroxylation is 1. The molecule has 0 aliphatic carbocycles. The Bertz CT molecular complexity index is 1170. The van der Waals surface area contributed by atoms with Crippen molar-refractivity contribution >= 4 is 11.4 Å². The van der Waals surface area contributed by atoms with Crippen LogP contribution < -0.4 is 0 Å². The normalized spacial score (nSPS) is 10.9. The Hall–Kier alpha value is -3.53. The van der Waals surface area contributed by atoms with Gasteiger partial charge in [0.05, 0.1) is 22.5 Å². The van der Waals surface area contributed by atoms with E-state index in [9.17, 15) is 22.0 Å². The first-order chi connectivity index (χ1) is 14.9. The first-order valence-electron chi connectivity index (χ1n) is 9.53. The maximum atomic E-state index is 14.3. The molecule has 0 spiro atoms. The van der Waals surface area contributed by atoms with E-state index in [4.69, 9.17) is 0 Å². The van der Waals surface area contributed by atoms with Gasteiger partial charge >= 0.3 is 0 Å². The van der Waals surface area contributed by atoms with Crippen molar-refractivity contribution in [3.8, 4) is 11.8 Å². The predicted molar refractivity (Wildman–Crippen MR) is 108 cm³/mol. The predicted octanol–water partition coefficient (Wildman–Crippen LogP) is 7.54. The molecule has 3 rings (SSSR count). The third-order valence-electron chi connectivity index (χ3n) is 4.38. The van der Waals surface area contributed by atoms with E-state index in [0.29, 0.717) is 12.0 Å². The number of benzene rings is 3. The maximum absolute atomic E-state index is 14.3. The van der Waals surface area contributed by atoms with Crippen molar-refractivity contribution < 1.29 is 22.0 Å². The van der Waals surface area contributed by atoms with Gasteiger partial charge in [-0.1, -0.05) is 25.2 Å². The Morgan fingerprint density at radius 2 is 1.29 bits per heavy atom. The van der Waals surface area contributed by atoms with Crippen LogP contribution in [0.25, 0.3) is 0 Å². The van der Waals surface area contributed by atoms with Gasteiger partial charge in [-0.2, -0.15) is 10.2 Å². The van der Waals surface area contributed by atoms with Crippen molar-refractivity contribution in [2.75, 3.05) is 0 Å². The van der Waals surface area contributed by atoms with E-state index in [1.807, 2.05) is 6.92 Å². The minimum Gasteiger partial charge on any atom is -0.206 e. The van der Waals surface area contributed by atoms with E-state index in [1.54, 1.807) is 0 Å². The zero-order valence-electron chi connectivity index (χ0n) is 16.5. The number of hydrogen-bond donors (Lipinski definition) is 0. The Morgan fingerprint density at radius 1 is 0.677 bits per heavy atom. The minimum atomic E-state index is -1.08. The summed E-state index contributed by atoms with van der Waals surface area (Å²) >= 11 is 0. The molecule has 7 heteroatoms. The van der Waals surface area contributed by atoms with Crippen LogP contribution in [0.2, 0.25) is 0 Å². The topological polar surface area (TPSA) is 24.7 Å². The van der Waals surface area contributed by atoms with Crippen LogP contribution in [0.15, 0.2) is 58.8 Å². The molecule has 0 amide bonds. The van der Waals surface area contributed by atoms with Crippen LogP contribution in [0.1, 0.15) is 36.5 Å². The molecule has 0 radical (unpaired) electrons. The van der Waals surface area contributed by atoms with Crippen molar-refractivity contribution in [2.24, 2.45) is 10.2 Å². The van der Waals surface area contributed by atoms with Gasteiger partial charge in [0.15, 0.2) is 11.6 Å². The van der Waals surface area contributed by atoms with Crippen molar-refractivity contribution in [3.63, 3.8) is 0 Å². The van der Waals surface area contributed by atoms with E-state index in [0.717, 1.165) is 31.0 Å². The van der Waals surface area contributed by atoms with Crippen molar-refractivity contribution in [1.82, 2.24) is 0 Å². The smallest absolute Gasteiger partial charge is 0.161 e. The van der Waals surface area contributed by atoms with Gasteiger partial charge < -0.3 is 0 Å². The van der Waals surface area contributed by atoms with Crippen LogP contribution in [0.3, 0.4) is 0 Å². The lowest BCUT2D eigenvalue weighted by molar-refractivity contribution is 0.509. The first kappa shape index (κ1) is 22.2. The molecule has 0 saturated heterocycles. The quantitative estimate of drug-likeness (QED) is 0.228. The Labute approximate surface area is 176 Å². The number of azo groups is 1. The SMILES string of the molecule is CCCCc1cc(F)c(C#Cc2ccc(N=Nc3ccc(F)c(F)c3)cc2F)c(F)c1. The third-order valence-corrected chi connectivity index (χ3v) is 4.38. The standard InChI is InChI=1S/C24H17F5N2/c1-2-3-4-15-11-22(27)19(23(28)12-15)9-6-16-5-7-17(13-21(16)26)30-31-18-8-10-20(25)24(29)14-18/h5,7-8,10-14H,2-4H2,1H3. The third kappa shape index (κ3) is 5.76. The zero-order chi connectivity index (χ0) is 22.4. The molecule has 158 valence electrons. The summed E-state index contributed by atoms with van der Waals surface area (Å²) in [6.45, 7) is 1.98. The van der Waals surface area contributed by atoms with Crippen LogP contribution in [0.5, 0.6) is 0 Å². The molecule has 3 aromatic carbocycles. The summed E-state index contributed by atoms with van der Waals surface area (Å²) < 4.78 is 68.8. The molecule has 3 aromatic rings. The van der Waals surface area contributed by atoms with Gasteiger partial charge in [-0.25, -0.2) is 22.0 Å². The highest BCUT2D eigenvalue weighted by atomic mass is 19.2. The molecule has 0 unspecified atom stereocenters. The average Bonchev–Trinajstić information content (AvgIpc) is 2.73. The second-order valence-corrected chi connectivity index (χ2v) is 6.75. The van der Waals surface area contributed by atoms with E-state index in [2.05, 4.69) is 22.1 Å². The van der Waals surface area contributed by atoms with E-state index >= 15 is 0 Å². The van der Waals surface area contributed by atoms with Crippen LogP contribution in [-0.2, 0) is 6.42 Å². The minimum absolute atomic E-state index is 0.0523. The summed E-state index contributed by atoms with van der Waals surface area (Å²) in [7, 11) is 0. The molecule has 0 N–H and O–H groups in total. The molecular weight excluding hydrogens is 411 g/mol. The number of rotatable bonds is 5. The molecule has 2 nitrogen and oxygen atoms in total. The van der Waals surface area contributed by atoms with Gasteiger partial charge in [0.2, 0.25) is 0 Å². The van der Waals surface area contributed by atoms with Crippen molar-refractivity contribution in [3.05, 3.63) is 94.3 Å². The molecule has 0 heterocycles. The lowest BCUT2D eigenvalue weighted by atomic mass is 10.0. The number of hydrogen-bond acceptors (Lipinski definition) is 2. The first-order valence-corrected chi connectivity index (χ1v) is 9.53. The molecule has 31 heavy (non-hydrogen) atoms. The van der Waals surface area contributed by atoms with Gasteiger partial charge in [0.25, 0.3) is 0 Å². The Morgan fingerprint density at radius 3 is 1.87 bits per heavy atom. The lowest BCUT2D eigenvalue weighted by Crippen LogP contribution is -1.95. The van der Waals surface area contributed by atoms with Crippen molar-refractivity contribution in [1.29, 1.82) is 0 Å². The van der Waals surface area contributed by atoms with Crippen LogP contribution in [-0.4, -0.2) is 0 Å². The zero-order valence-corrected chi connectivity index (χ0v) is 16.5.